The second-order valence-electron chi connectivity index (χ2n) is 6.01. The molecule has 1 aromatic heterocycles. The number of aromatic nitrogens is 1. The lowest BCUT2D eigenvalue weighted by Gasteiger charge is -2.15. The predicted octanol–water partition coefficient (Wildman–Crippen LogP) is 3.75. The second-order valence-corrected chi connectivity index (χ2v) is 8.99. The van der Waals surface area contributed by atoms with Crippen LogP contribution in [-0.4, -0.2) is 24.2 Å². The van der Waals surface area contributed by atoms with Crippen molar-refractivity contribution in [2.45, 2.75) is 18.0 Å². The van der Waals surface area contributed by atoms with Gasteiger partial charge in [-0.3, -0.25) is 9.52 Å². The molecule has 0 radical (unpaired) electrons. The average Bonchev–Trinajstić information content (AvgIpc) is 3.31. The van der Waals surface area contributed by atoms with Crippen LogP contribution in [0.3, 0.4) is 0 Å². The zero-order valence-electron chi connectivity index (χ0n) is 13.9. The molecule has 1 amide bonds. The van der Waals surface area contributed by atoms with E-state index in [0.717, 1.165) is 11.1 Å². The van der Waals surface area contributed by atoms with Crippen molar-refractivity contribution in [3.05, 3.63) is 75.8 Å². The van der Waals surface area contributed by atoms with Crippen LogP contribution in [0.5, 0.6) is 0 Å². The van der Waals surface area contributed by atoms with Crippen molar-refractivity contribution in [2.24, 2.45) is 0 Å². The van der Waals surface area contributed by atoms with Crippen LogP contribution in [0, 0.1) is 0 Å². The molecule has 0 atom stereocenters. The molecule has 27 heavy (non-hydrogen) atoms. The second kappa shape index (κ2) is 6.95. The molecule has 2 aromatic carbocycles. The number of hydrogen-bond donors (Lipinski definition) is 1. The van der Waals surface area contributed by atoms with Crippen LogP contribution in [0.1, 0.15) is 21.5 Å². The topological polar surface area (TPSA) is 79.4 Å². The molecule has 0 unspecified atom stereocenters. The molecule has 6 nitrogen and oxygen atoms in total. The Labute approximate surface area is 165 Å². The van der Waals surface area contributed by atoms with Gasteiger partial charge >= 0.3 is 0 Å². The fraction of sp³-hybridized carbons (Fsp3) is 0.111. The molecule has 0 saturated carbocycles. The van der Waals surface area contributed by atoms with E-state index in [2.05, 4.69) is 9.71 Å². The smallest absolute Gasteiger partial charge is 0.263 e. The monoisotopic (exact) mass is 419 g/mol. The Morgan fingerprint density at radius 2 is 1.93 bits per heavy atom. The van der Waals surface area contributed by atoms with Crippen molar-refractivity contribution in [1.82, 2.24) is 9.88 Å². The molecule has 9 heteroatoms. The number of amides is 1. The number of carbonyl (C=O) groups is 1. The predicted molar refractivity (Wildman–Crippen MR) is 104 cm³/mol. The number of hydrogen-bond acceptors (Lipinski definition) is 5. The maximum atomic E-state index is 12.8. The van der Waals surface area contributed by atoms with Crippen molar-refractivity contribution in [2.75, 3.05) is 4.72 Å². The number of benzene rings is 2. The lowest BCUT2D eigenvalue weighted by atomic mass is 10.1. The molecule has 3 aromatic rings. The highest BCUT2D eigenvalue weighted by Gasteiger charge is 2.26. The Bertz CT molecular complexity index is 1100. The first-order valence-corrected chi connectivity index (χ1v) is 10.8. The summed E-state index contributed by atoms with van der Waals surface area (Å²) in [7, 11) is -3.74. The van der Waals surface area contributed by atoms with Crippen molar-refractivity contribution in [3.63, 3.8) is 0 Å². The van der Waals surface area contributed by atoms with E-state index in [1.807, 2.05) is 18.2 Å². The molecule has 0 spiro atoms. The SMILES string of the molecule is O=C(c1ccc(S(=O)(=O)Nc2nccs2)cc1)N1Cc2cccc(Cl)c2C1. The van der Waals surface area contributed by atoms with Crippen LogP contribution in [0.2, 0.25) is 5.02 Å². The van der Waals surface area contributed by atoms with E-state index in [9.17, 15) is 13.2 Å². The van der Waals surface area contributed by atoms with Gasteiger partial charge in [-0.1, -0.05) is 23.7 Å². The Morgan fingerprint density at radius 1 is 1.15 bits per heavy atom. The van der Waals surface area contributed by atoms with E-state index in [1.54, 1.807) is 10.3 Å². The summed E-state index contributed by atoms with van der Waals surface area (Å²) in [4.78, 5) is 18.4. The first kappa shape index (κ1) is 18.0. The van der Waals surface area contributed by atoms with Crippen LogP contribution in [-0.2, 0) is 23.1 Å². The van der Waals surface area contributed by atoms with Crippen molar-refractivity contribution in [3.8, 4) is 0 Å². The van der Waals surface area contributed by atoms with Gasteiger partial charge in [-0.05, 0) is 41.5 Å². The number of thiazole rings is 1. The molecular weight excluding hydrogens is 406 g/mol. The van der Waals surface area contributed by atoms with Gasteiger partial charge < -0.3 is 4.90 Å². The molecule has 1 aliphatic heterocycles. The summed E-state index contributed by atoms with van der Waals surface area (Å²) in [6.45, 7) is 0.930. The number of carbonyl (C=O) groups excluding carboxylic acids is 1. The van der Waals surface area contributed by atoms with Crippen LogP contribution < -0.4 is 4.72 Å². The van der Waals surface area contributed by atoms with Gasteiger partial charge in [0.2, 0.25) is 0 Å². The van der Waals surface area contributed by atoms with E-state index >= 15 is 0 Å². The zero-order chi connectivity index (χ0) is 19.0. The Kier molecular flexibility index (Phi) is 4.63. The first-order valence-electron chi connectivity index (χ1n) is 8.02. The van der Waals surface area contributed by atoms with Gasteiger partial charge in [-0.25, -0.2) is 13.4 Å². The van der Waals surface area contributed by atoms with Gasteiger partial charge in [0, 0.05) is 35.3 Å². The number of nitrogens with one attached hydrogen (secondary N) is 1. The number of rotatable bonds is 4. The van der Waals surface area contributed by atoms with E-state index in [-0.39, 0.29) is 10.8 Å². The summed E-state index contributed by atoms with van der Waals surface area (Å²) in [5.41, 5.74) is 2.41. The fourth-order valence-corrected chi connectivity index (χ4v) is 4.97. The van der Waals surface area contributed by atoms with Crippen LogP contribution in [0.15, 0.2) is 58.9 Å². The van der Waals surface area contributed by atoms with Crippen molar-refractivity contribution in [1.29, 1.82) is 0 Å². The number of nitrogens with zero attached hydrogens (tertiary/aromatic N) is 2. The Hall–Kier alpha value is -2.42. The molecule has 0 fully saturated rings. The molecule has 0 aliphatic carbocycles. The summed E-state index contributed by atoms with van der Waals surface area (Å²) in [5.74, 6) is -0.168. The number of fused-ring (bicyclic) bond motifs is 1. The Balaban J connectivity index is 1.51. The third-order valence-corrected chi connectivity index (χ3v) is 6.81. The molecule has 1 N–H and O–H groups in total. The summed E-state index contributed by atoms with van der Waals surface area (Å²) in [6.07, 6.45) is 1.52. The van der Waals surface area contributed by atoms with E-state index in [0.29, 0.717) is 28.8 Å². The lowest BCUT2D eigenvalue weighted by molar-refractivity contribution is 0.0751. The van der Waals surface area contributed by atoms with Crippen LogP contribution >= 0.6 is 22.9 Å². The molecule has 1 aliphatic rings. The summed E-state index contributed by atoms with van der Waals surface area (Å²) in [5, 5.41) is 2.62. The summed E-state index contributed by atoms with van der Waals surface area (Å²) < 4.78 is 27.1. The zero-order valence-corrected chi connectivity index (χ0v) is 16.3. The highest BCUT2D eigenvalue weighted by molar-refractivity contribution is 7.93. The Morgan fingerprint density at radius 3 is 2.59 bits per heavy atom. The molecule has 138 valence electrons. The number of sulfonamides is 1. The molecular formula is C18H14ClN3O3S2. The van der Waals surface area contributed by atoms with Gasteiger partial charge in [0.15, 0.2) is 5.13 Å². The maximum absolute atomic E-state index is 12.8. The largest absolute Gasteiger partial charge is 0.330 e. The van der Waals surface area contributed by atoms with Gasteiger partial charge in [0.25, 0.3) is 15.9 Å². The van der Waals surface area contributed by atoms with Crippen LogP contribution in [0.25, 0.3) is 0 Å². The maximum Gasteiger partial charge on any atom is 0.263 e. The highest BCUT2D eigenvalue weighted by Crippen LogP contribution is 2.30. The molecule has 0 bridgehead atoms. The van der Waals surface area contributed by atoms with Gasteiger partial charge in [0.05, 0.1) is 4.90 Å². The van der Waals surface area contributed by atoms with Crippen LogP contribution in [0.4, 0.5) is 5.13 Å². The fourth-order valence-electron chi connectivity index (χ4n) is 2.93. The highest BCUT2D eigenvalue weighted by atomic mass is 35.5. The first-order chi connectivity index (χ1) is 12.9. The van der Waals surface area contributed by atoms with Gasteiger partial charge in [-0.15, -0.1) is 11.3 Å². The summed E-state index contributed by atoms with van der Waals surface area (Å²) in [6, 6.07) is 11.5. The van der Waals surface area contributed by atoms with Gasteiger partial charge in [-0.2, -0.15) is 0 Å². The minimum atomic E-state index is -3.74. The third-order valence-electron chi connectivity index (χ3n) is 4.28. The molecule has 0 saturated heterocycles. The standard InChI is InChI=1S/C18H14ClN3O3S2/c19-16-3-1-2-13-10-22(11-15(13)16)17(23)12-4-6-14(7-5-12)27(24,25)21-18-20-8-9-26-18/h1-9H,10-11H2,(H,20,21). The lowest BCUT2D eigenvalue weighted by Crippen LogP contribution is -2.25. The van der Waals surface area contributed by atoms with E-state index < -0.39 is 10.0 Å². The normalized spacial score (nSPS) is 13.4. The summed E-state index contributed by atoms with van der Waals surface area (Å²) >= 11 is 7.39. The third kappa shape index (κ3) is 3.55. The average molecular weight is 420 g/mol. The van der Waals surface area contributed by atoms with Crippen molar-refractivity contribution < 1.29 is 13.2 Å². The van der Waals surface area contributed by atoms with Gasteiger partial charge in [0.1, 0.15) is 0 Å². The van der Waals surface area contributed by atoms with Crippen molar-refractivity contribution >= 4 is 44.0 Å². The number of halogens is 1. The van der Waals surface area contributed by atoms with E-state index in [4.69, 9.17) is 11.6 Å². The quantitative estimate of drug-likeness (QED) is 0.698. The minimum absolute atomic E-state index is 0.0713. The molecule has 2 heterocycles. The van der Waals surface area contributed by atoms with E-state index in [1.165, 1.54) is 41.8 Å². The molecule has 4 rings (SSSR count). The minimum Gasteiger partial charge on any atom is -0.330 e. The number of anilines is 1.